The second-order valence-corrected chi connectivity index (χ2v) is 10.0. The van der Waals surface area contributed by atoms with Crippen molar-refractivity contribution in [2.24, 2.45) is 11.8 Å². The van der Waals surface area contributed by atoms with E-state index in [1.165, 1.54) is 56.8 Å². The predicted molar refractivity (Wildman–Crippen MR) is 123 cm³/mol. The highest BCUT2D eigenvalue weighted by Gasteiger charge is 2.41. The molecule has 0 heterocycles. The lowest BCUT2D eigenvalue weighted by molar-refractivity contribution is -0.140. The van der Waals surface area contributed by atoms with Crippen LogP contribution in [-0.4, -0.2) is 29.7 Å². The number of methoxy groups -OCH3 is 1. The highest BCUT2D eigenvalue weighted by atomic mass is 35.5. The number of aliphatic hydroxyl groups is 1. The molecule has 3 rings (SSSR count). The summed E-state index contributed by atoms with van der Waals surface area (Å²) in [7, 11) is 1.44. The van der Waals surface area contributed by atoms with Crippen molar-refractivity contribution >= 4 is 17.6 Å². The van der Waals surface area contributed by atoms with Gasteiger partial charge >= 0.3 is 5.97 Å². The lowest BCUT2D eigenvalue weighted by Gasteiger charge is -2.25. The van der Waals surface area contributed by atoms with Crippen molar-refractivity contribution in [1.29, 1.82) is 0 Å². The van der Waals surface area contributed by atoms with E-state index in [2.05, 4.69) is 24.3 Å². The SMILES string of the molecule is COC(=O)CCCCCC[C@H]1C(Cl)C[C@@H](O)C1c1ccc(CC2CCCCC2)cc1. The van der Waals surface area contributed by atoms with Crippen LogP contribution < -0.4 is 0 Å². The molecule has 1 aromatic rings. The van der Waals surface area contributed by atoms with Crippen LogP contribution >= 0.6 is 11.6 Å². The molecule has 3 nitrogen and oxygen atoms in total. The van der Waals surface area contributed by atoms with E-state index >= 15 is 0 Å². The van der Waals surface area contributed by atoms with Crippen LogP contribution in [0.3, 0.4) is 0 Å². The number of esters is 1. The summed E-state index contributed by atoms with van der Waals surface area (Å²) in [5.74, 6) is 1.19. The monoisotopic (exact) mass is 434 g/mol. The zero-order valence-electron chi connectivity index (χ0n) is 18.5. The number of hydrogen-bond donors (Lipinski definition) is 1. The van der Waals surface area contributed by atoms with Crippen LogP contribution in [0.25, 0.3) is 0 Å². The third-order valence-corrected chi connectivity index (χ3v) is 7.82. The van der Waals surface area contributed by atoms with Crippen molar-refractivity contribution < 1.29 is 14.6 Å². The number of rotatable bonds is 10. The molecule has 0 aromatic heterocycles. The molecule has 2 saturated carbocycles. The number of carbonyl (C=O) groups is 1. The Morgan fingerprint density at radius 1 is 1.07 bits per heavy atom. The Hall–Kier alpha value is -1.06. The van der Waals surface area contributed by atoms with Crippen molar-refractivity contribution in [3.63, 3.8) is 0 Å². The smallest absolute Gasteiger partial charge is 0.305 e. The standard InChI is InChI=1S/C26H39ClO3/c1-30-25(29)12-8-3-2-7-11-22-23(27)18-24(28)26(22)21-15-13-20(14-16-21)17-19-9-5-4-6-10-19/h13-16,19,22-24,26,28H,2-12,17-18H2,1H3/t22-,23?,24+,26?/m0/s1. The van der Waals surface area contributed by atoms with Crippen LogP contribution in [0.2, 0.25) is 0 Å². The second kappa shape index (κ2) is 12.1. The van der Waals surface area contributed by atoms with Crippen molar-refractivity contribution in [2.45, 2.75) is 101 Å². The maximum atomic E-state index is 11.2. The molecule has 1 N–H and O–H groups in total. The van der Waals surface area contributed by atoms with Gasteiger partial charge in [-0.25, -0.2) is 0 Å². The van der Waals surface area contributed by atoms with Crippen LogP contribution in [-0.2, 0) is 16.0 Å². The fourth-order valence-electron chi connectivity index (χ4n) is 5.60. The minimum atomic E-state index is -0.346. The lowest BCUT2D eigenvalue weighted by Crippen LogP contribution is -2.19. The van der Waals surface area contributed by atoms with E-state index in [1.807, 2.05) is 0 Å². The number of ether oxygens (including phenoxy) is 1. The molecule has 1 aromatic carbocycles. The van der Waals surface area contributed by atoms with E-state index in [4.69, 9.17) is 16.3 Å². The molecule has 2 aliphatic rings. The molecule has 0 spiro atoms. The molecule has 4 atom stereocenters. The van der Waals surface area contributed by atoms with Crippen molar-refractivity contribution in [1.82, 2.24) is 0 Å². The molecule has 0 radical (unpaired) electrons. The number of aliphatic hydroxyl groups excluding tert-OH is 1. The molecule has 0 saturated heterocycles. The third-order valence-electron chi connectivity index (χ3n) is 7.32. The van der Waals surface area contributed by atoms with Gasteiger partial charge in [0.15, 0.2) is 0 Å². The Labute approximate surface area is 187 Å². The third kappa shape index (κ3) is 6.72. The summed E-state index contributed by atoms with van der Waals surface area (Å²) in [5.41, 5.74) is 2.68. The molecule has 0 amide bonds. The van der Waals surface area contributed by atoms with E-state index < -0.39 is 0 Å². The van der Waals surface area contributed by atoms with Crippen molar-refractivity contribution in [2.75, 3.05) is 7.11 Å². The number of benzene rings is 1. The molecule has 2 aliphatic carbocycles. The number of unbranched alkanes of at least 4 members (excludes halogenated alkanes) is 3. The quantitative estimate of drug-likeness (QED) is 0.263. The van der Waals surface area contributed by atoms with Gasteiger partial charge in [0.1, 0.15) is 0 Å². The Morgan fingerprint density at radius 3 is 2.47 bits per heavy atom. The van der Waals surface area contributed by atoms with Gasteiger partial charge < -0.3 is 9.84 Å². The maximum Gasteiger partial charge on any atom is 0.305 e. The average Bonchev–Trinajstić information content (AvgIpc) is 3.04. The zero-order chi connectivity index (χ0) is 21.3. The van der Waals surface area contributed by atoms with Gasteiger partial charge in [-0.05, 0) is 48.6 Å². The fraction of sp³-hybridized carbons (Fsp3) is 0.731. The topological polar surface area (TPSA) is 46.5 Å². The fourth-order valence-corrected chi connectivity index (χ4v) is 6.06. The normalized spacial score (nSPS) is 27.3. The number of hydrogen-bond acceptors (Lipinski definition) is 3. The first-order valence-corrected chi connectivity index (χ1v) is 12.5. The van der Waals surface area contributed by atoms with Gasteiger partial charge in [-0.3, -0.25) is 4.79 Å². The summed E-state index contributed by atoms with van der Waals surface area (Å²) in [5, 5.41) is 10.8. The van der Waals surface area contributed by atoms with E-state index in [1.54, 1.807) is 0 Å². The van der Waals surface area contributed by atoms with Gasteiger partial charge in [-0.1, -0.05) is 75.6 Å². The molecule has 2 fully saturated rings. The van der Waals surface area contributed by atoms with Gasteiger partial charge in [-0.2, -0.15) is 0 Å². The largest absolute Gasteiger partial charge is 0.469 e. The van der Waals surface area contributed by atoms with Crippen LogP contribution in [0, 0.1) is 11.8 Å². The molecule has 0 bridgehead atoms. The van der Waals surface area contributed by atoms with Crippen LogP contribution in [0.1, 0.15) is 94.1 Å². The zero-order valence-corrected chi connectivity index (χ0v) is 19.3. The summed E-state index contributed by atoms with van der Waals surface area (Å²) in [4.78, 5) is 11.2. The second-order valence-electron chi connectivity index (χ2n) is 9.49. The van der Waals surface area contributed by atoms with E-state index in [0.29, 0.717) is 18.8 Å². The average molecular weight is 435 g/mol. The summed E-state index contributed by atoms with van der Waals surface area (Å²) in [6, 6.07) is 9.04. The minimum Gasteiger partial charge on any atom is -0.469 e. The van der Waals surface area contributed by atoms with Crippen LogP contribution in [0.15, 0.2) is 24.3 Å². The van der Waals surface area contributed by atoms with E-state index in [9.17, 15) is 9.90 Å². The number of alkyl halides is 1. The van der Waals surface area contributed by atoms with Gasteiger partial charge in [0.05, 0.1) is 13.2 Å². The van der Waals surface area contributed by atoms with Gasteiger partial charge in [0, 0.05) is 17.7 Å². The first-order chi connectivity index (χ1) is 14.6. The Bertz CT molecular complexity index is 638. The molecule has 2 unspecified atom stereocenters. The maximum absolute atomic E-state index is 11.2. The molecule has 4 heteroatoms. The van der Waals surface area contributed by atoms with Gasteiger partial charge in [-0.15, -0.1) is 11.6 Å². The Kier molecular flexibility index (Phi) is 9.52. The number of halogens is 1. The number of carbonyl (C=O) groups excluding carboxylic acids is 1. The van der Waals surface area contributed by atoms with Gasteiger partial charge in [0.2, 0.25) is 0 Å². The Balaban J connectivity index is 1.50. The molecule has 30 heavy (non-hydrogen) atoms. The highest BCUT2D eigenvalue weighted by Crippen LogP contribution is 2.45. The van der Waals surface area contributed by atoms with Gasteiger partial charge in [0.25, 0.3) is 0 Å². The first-order valence-electron chi connectivity index (χ1n) is 12.1. The molecule has 168 valence electrons. The van der Waals surface area contributed by atoms with Crippen molar-refractivity contribution in [3.8, 4) is 0 Å². The van der Waals surface area contributed by atoms with E-state index in [-0.39, 0.29) is 23.4 Å². The summed E-state index contributed by atoms with van der Waals surface area (Å²) in [6.45, 7) is 0. The summed E-state index contributed by atoms with van der Waals surface area (Å²) < 4.78 is 4.69. The summed E-state index contributed by atoms with van der Waals surface area (Å²) >= 11 is 6.66. The predicted octanol–water partition coefficient (Wildman–Crippen LogP) is 6.39. The van der Waals surface area contributed by atoms with Crippen molar-refractivity contribution in [3.05, 3.63) is 35.4 Å². The Morgan fingerprint density at radius 2 is 1.77 bits per heavy atom. The summed E-state index contributed by atoms with van der Waals surface area (Å²) in [6.07, 6.45) is 14.1. The lowest BCUT2D eigenvalue weighted by atomic mass is 9.82. The van der Waals surface area contributed by atoms with E-state index in [0.717, 1.165) is 38.0 Å². The minimum absolute atomic E-state index is 0.0435. The van der Waals surface area contributed by atoms with Crippen LogP contribution in [0.4, 0.5) is 0 Å². The molecular formula is C26H39ClO3. The van der Waals surface area contributed by atoms with Crippen LogP contribution in [0.5, 0.6) is 0 Å². The molecular weight excluding hydrogens is 396 g/mol. The first kappa shape index (κ1) is 23.6. The molecule has 0 aliphatic heterocycles. The highest BCUT2D eigenvalue weighted by molar-refractivity contribution is 6.21.